The van der Waals surface area contributed by atoms with Crippen molar-refractivity contribution >= 4 is 0 Å². The largest absolute Gasteiger partial charge is 0.497 e. The Morgan fingerprint density at radius 3 is 2.50 bits per heavy atom. The molecule has 0 bridgehead atoms. The Balaban J connectivity index is 1.75. The van der Waals surface area contributed by atoms with Crippen molar-refractivity contribution in [3.05, 3.63) is 54.0 Å². The third-order valence-electron chi connectivity index (χ3n) is 3.97. The third-order valence-corrected chi connectivity index (χ3v) is 3.97. The maximum Gasteiger partial charge on any atom is 0.120 e. The molecule has 2 unspecified atom stereocenters. The van der Waals surface area contributed by atoms with Gasteiger partial charge >= 0.3 is 0 Å². The second-order valence-corrected chi connectivity index (χ2v) is 5.49. The maximum atomic E-state index is 5.49. The molecule has 0 spiro atoms. The molecule has 3 nitrogen and oxygen atoms in total. The van der Waals surface area contributed by atoms with E-state index in [4.69, 9.17) is 9.15 Å². The summed E-state index contributed by atoms with van der Waals surface area (Å²) in [7, 11) is 1.70. The first-order chi connectivity index (χ1) is 9.78. The number of nitrogens with one attached hydrogen (secondary N) is 1. The van der Waals surface area contributed by atoms with Gasteiger partial charge in [0.25, 0.3) is 0 Å². The van der Waals surface area contributed by atoms with Crippen LogP contribution in [0.1, 0.15) is 43.2 Å². The molecule has 106 valence electrons. The van der Waals surface area contributed by atoms with Gasteiger partial charge in [0.05, 0.1) is 19.4 Å². The Bertz CT molecular complexity index is 529. The van der Waals surface area contributed by atoms with Crippen LogP contribution in [-0.4, -0.2) is 7.11 Å². The molecule has 3 heteroatoms. The van der Waals surface area contributed by atoms with Crippen LogP contribution in [-0.2, 0) is 0 Å². The Morgan fingerprint density at radius 2 is 1.95 bits per heavy atom. The van der Waals surface area contributed by atoms with Gasteiger partial charge in [0.15, 0.2) is 0 Å². The molecule has 0 saturated heterocycles. The molecule has 1 fully saturated rings. The summed E-state index contributed by atoms with van der Waals surface area (Å²) in [6, 6.07) is 12.9. The Morgan fingerprint density at radius 1 is 1.20 bits per heavy atom. The number of ether oxygens (including phenoxy) is 1. The van der Waals surface area contributed by atoms with E-state index in [1.807, 2.05) is 24.3 Å². The minimum Gasteiger partial charge on any atom is -0.497 e. The second kappa shape index (κ2) is 5.71. The van der Waals surface area contributed by atoms with Gasteiger partial charge in [-0.3, -0.25) is 0 Å². The maximum absolute atomic E-state index is 5.49. The highest BCUT2D eigenvalue weighted by Crippen LogP contribution is 2.42. The standard InChI is InChI=1S/C17H21NO2/c1-12(16-4-3-11-20-16)18-17(13-5-6-13)14-7-9-15(19-2)10-8-14/h3-4,7-13,17-18H,5-6H2,1-2H3. The zero-order chi connectivity index (χ0) is 13.9. The molecule has 0 amide bonds. The number of methoxy groups -OCH3 is 1. The van der Waals surface area contributed by atoms with E-state index in [9.17, 15) is 0 Å². The van der Waals surface area contributed by atoms with Gasteiger partial charge in [0.1, 0.15) is 11.5 Å². The van der Waals surface area contributed by atoms with Crippen LogP contribution in [0.3, 0.4) is 0 Å². The molecule has 1 saturated carbocycles. The van der Waals surface area contributed by atoms with E-state index in [0.717, 1.165) is 17.4 Å². The molecule has 20 heavy (non-hydrogen) atoms. The highest BCUT2D eigenvalue weighted by Gasteiger charge is 2.33. The first-order valence-electron chi connectivity index (χ1n) is 7.21. The number of benzene rings is 1. The third kappa shape index (κ3) is 2.88. The molecule has 0 radical (unpaired) electrons. The van der Waals surface area contributed by atoms with Crippen LogP contribution in [0.2, 0.25) is 0 Å². The van der Waals surface area contributed by atoms with E-state index in [2.05, 4.69) is 24.4 Å². The van der Waals surface area contributed by atoms with E-state index < -0.39 is 0 Å². The molecular weight excluding hydrogens is 250 g/mol. The lowest BCUT2D eigenvalue weighted by Crippen LogP contribution is -2.26. The first kappa shape index (κ1) is 13.3. The van der Waals surface area contributed by atoms with Crippen molar-refractivity contribution in [3.8, 4) is 5.75 Å². The van der Waals surface area contributed by atoms with E-state index in [1.54, 1.807) is 13.4 Å². The van der Waals surface area contributed by atoms with Crippen LogP contribution in [0, 0.1) is 5.92 Å². The predicted octanol–water partition coefficient (Wildman–Crippen LogP) is 4.09. The molecule has 1 N–H and O–H groups in total. The number of hydrogen-bond donors (Lipinski definition) is 1. The van der Waals surface area contributed by atoms with E-state index in [0.29, 0.717) is 6.04 Å². The minimum absolute atomic E-state index is 0.220. The zero-order valence-corrected chi connectivity index (χ0v) is 12.0. The molecule has 2 atom stereocenters. The Labute approximate surface area is 119 Å². The average molecular weight is 271 g/mol. The van der Waals surface area contributed by atoms with E-state index >= 15 is 0 Å². The second-order valence-electron chi connectivity index (χ2n) is 5.49. The summed E-state index contributed by atoms with van der Waals surface area (Å²) < 4.78 is 10.7. The van der Waals surface area contributed by atoms with Gasteiger partial charge in [0.2, 0.25) is 0 Å². The van der Waals surface area contributed by atoms with Crippen molar-refractivity contribution < 1.29 is 9.15 Å². The SMILES string of the molecule is COc1ccc(C(NC(C)c2ccco2)C2CC2)cc1. The molecule has 1 heterocycles. The van der Waals surface area contributed by atoms with Gasteiger partial charge < -0.3 is 14.5 Å². The average Bonchev–Trinajstić information content (AvgIpc) is 3.17. The number of furan rings is 1. The smallest absolute Gasteiger partial charge is 0.120 e. The van der Waals surface area contributed by atoms with E-state index in [-0.39, 0.29) is 6.04 Å². The molecular formula is C17H21NO2. The molecule has 1 aromatic carbocycles. The molecule has 1 aliphatic carbocycles. The van der Waals surface area contributed by atoms with Crippen molar-refractivity contribution in [1.29, 1.82) is 0 Å². The summed E-state index contributed by atoms with van der Waals surface area (Å²) in [5.74, 6) is 2.63. The van der Waals surface area contributed by atoms with Gasteiger partial charge in [-0.15, -0.1) is 0 Å². The van der Waals surface area contributed by atoms with Crippen LogP contribution in [0.4, 0.5) is 0 Å². The van der Waals surface area contributed by atoms with Crippen LogP contribution in [0.25, 0.3) is 0 Å². The quantitative estimate of drug-likeness (QED) is 0.859. The highest BCUT2D eigenvalue weighted by atomic mass is 16.5. The van der Waals surface area contributed by atoms with Crippen molar-refractivity contribution in [2.75, 3.05) is 7.11 Å². The normalized spacial score (nSPS) is 17.7. The lowest BCUT2D eigenvalue weighted by atomic mass is 10.0. The summed E-state index contributed by atoms with van der Waals surface area (Å²) in [6.45, 7) is 2.15. The van der Waals surface area contributed by atoms with Crippen molar-refractivity contribution in [2.45, 2.75) is 31.8 Å². The van der Waals surface area contributed by atoms with E-state index in [1.165, 1.54) is 18.4 Å². The highest BCUT2D eigenvalue weighted by molar-refractivity contribution is 5.30. The van der Waals surface area contributed by atoms with Gasteiger partial charge in [-0.2, -0.15) is 0 Å². The molecule has 1 aromatic heterocycles. The number of rotatable bonds is 6. The summed E-state index contributed by atoms with van der Waals surface area (Å²) in [4.78, 5) is 0. The van der Waals surface area contributed by atoms with Crippen molar-refractivity contribution in [2.24, 2.45) is 5.92 Å². The molecule has 3 rings (SSSR count). The lowest BCUT2D eigenvalue weighted by molar-refractivity contribution is 0.371. The van der Waals surface area contributed by atoms with Crippen molar-refractivity contribution in [1.82, 2.24) is 5.32 Å². The van der Waals surface area contributed by atoms with Crippen LogP contribution in [0.15, 0.2) is 47.1 Å². The summed E-state index contributed by atoms with van der Waals surface area (Å²) in [5.41, 5.74) is 1.33. The molecule has 2 aromatic rings. The fraction of sp³-hybridized carbons (Fsp3) is 0.412. The Hall–Kier alpha value is -1.74. The Kier molecular flexibility index (Phi) is 3.79. The van der Waals surface area contributed by atoms with Gasteiger partial charge in [-0.05, 0) is 55.5 Å². The molecule has 0 aliphatic heterocycles. The zero-order valence-electron chi connectivity index (χ0n) is 12.0. The van der Waals surface area contributed by atoms with Crippen LogP contribution >= 0.6 is 0 Å². The topological polar surface area (TPSA) is 34.4 Å². The fourth-order valence-corrected chi connectivity index (χ4v) is 2.63. The minimum atomic E-state index is 0.220. The van der Waals surface area contributed by atoms with Gasteiger partial charge in [-0.1, -0.05) is 12.1 Å². The molecule has 1 aliphatic rings. The lowest BCUT2D eigenvalue weighted by Gasteiger charge is -2.23. The summed E-state index contributed by atoms with van der Waals surface area (Å²) in [5, 5.41) is 3.70. The van der Waals surface area contributed by atoms with Crippen molar-refractivity contribution in [3.63, 3.8) is 0 Å². The summed E-state index contributed by atoms with van der Waals surface area (Å²) >= 11 is 0. The number of hydrogen-bond acceptors (Lipinski definition) is 3. The van der Waals surface area contributed by atoms with Crippen LogP contribution < -0.4 is 10.1 Å². The van der Waals surface area contributed by atoms with Gasteiger partial charge in [0, 0.05) is 6.04 Å². The fourth-order valence-electron chi connectivity index (χ4n) is 2.63. The monoisotopic (exact) mass is 271 g/mol. The van der Waals surface area contributed by atoms with Crippen LogP contribution in [0.5, 0.6) is 5.75 Å². The first-order valence-corrected chi connectivity index (χ1v) is 7.21. The predicted molar refractivity (Wildman–Crippen MR) is 78.7 cm³/mol. The van der Waals surface area contributed by atoms with Gasteiger partial charge in [-0.25, -0.2) is 0 Å². The summed E-state index contributed by atoms with van der Waals surface area (Å²) in [6.07, 6.45) is 4.33.